The number of carbonyl (C=O) groups excluding carboxylic acids is 2. The SMILES string of the molecule is COc1ccc(CC2CCN(C(=O)CCNC(=O)OC(C)(C)C)CC2)cc1. The van der Waals surface area contributed by atoms with Crippen LogP contribution in [-0.4, -0.2) is 49.2 Å². The Morgan fingerprint density at radius 1 is 1.15 bits per heavy atom. The third-order valence-electron chi connectivity index (χ3n) is 4.66. The van der Waals surface area contributed by atoms with Crippen molar-refractivity contribution >= 4 is 12.0 Å². The van der Waals surface area contributed by atoms with Crippen molar-refractivity contribution in [2.75, 3.05) is 26.7 Å². The molecule has 1 aromatic rings. The number of carbonyl (C=O) groups is 2. The molecule has 0 radical (unpaired) electrons. The standard InChI is InChI=1S/C21H32N2O4/c1-21(2,3)27-20(25)22-12-9-19(24)23-13-10-17(11-14-23)15-16-5-7-18(26-4)8-6-16/h5-8,17H,9-15H2,1-4H3,(H,22,25). The molecule has 0 aromatic heterocycles. The van der Waals surface area contributed by atoms with Gasteiger partial charge in [-0.25, -0.2) is 4.79 Å². The zero-order valence-electron chi connectivity index (χ0n) is 16.9. The van der Waals surface area contributed by atoms with Crippen LogP contribution >= 0.6 is 0 Å². The lowest BCUT2D eigenvalue weighted by Gasteiger charge is -2.32. The Morgan fingerprint density at radius 3 is 2.33 bits per heavy atom. The molecule has 0 saturated carbocycles. The Balaban J connectivity index is 1.67. The fraction of sp³-hybridized carbons (Fsp3) is 0.619. The highest BCUT2D eigenvalue weighted by Gasteiger charge is 2.23. The van der Waals surface area contributed by atoms with Gasteiger partial charge in [0.05, 0.1) is 7.11 Å². The number of nitrogens with one attached hydrogen (secondary N) is 1. The van der Waals surface area contributed by atoms with Gasteiger partial charge in [-0.05, 0) is 63.6 Å². The average molecular weight is 376 g/mol. The summed E-state index contributed by atoms with van der Waals surface area (Å²) in [6.07, 6.45) is 2.89. The first-order chi connectivity index (χ1) is 12.8. The molecule has 1 aliphatic heterocycles. The number of piperidine rings is 1. The van der Waals surface area contributed by atoms with Crippen LogP contribution in [0.2, 0.25) is 0 Å². The lowest BCUT2D eigenvalue weighted by atomic mass is 9.90. The number of nitrogens with zero attached hydrogens (tertiary/aromatic N) is 1. The highest BCUT2D eigenvalue weighted by molar-refractivity contribution is 5.77. The van der Waals surface area contributed by atoms with Crippen LogP contribution in [0.4, 0.5) is 4.79 Å². The van der Waals surface area contributed by atoms with Crippen molar-refractivity contribution in [3.05, 3.63) is 29.8 Å². The molecule has 0 aliphatic carbocycles. The van der Waals surface area contributed by atoms with E-state index in [1.165, 1.54) is 5.56 Å². The van der Waals surface area contributed by atoms with Crippen molar-refractivity contribution in [3.8, 4) is 5.75 Å². The van der Waals surface area contributed by atoms with Gasteiger partial charge in [0.1, 0.15) is 11.4 Å². The average Bonchev–Trinajstić information content (AvgIpc) is 2.61. The van der Waals surface area contributed by atoms with Gasteiger partial charge in [0.2, 0.25) is 5.91 Å². The zero-order chi connectivity index (χ0) is 19.9. The minimum absolute atomic E-state index is 0.0916. The molecule has 2 amide bonds. The third-order valence-corrected chi connectivity index (χ3v) is 4.66. The Morgan fingerprint density at radius 2 is 1.78 bits per heavy atom. The molecule has 150 valence electrons. The molecule has 1 aliphatic rings. The van der Waals surface area contributed by atoms with Crippen molar-refractivity contribution in [1.82, 2.24) is 10.2 Å². The van der Waals surface area contributed by atoms with E-state index in [0.29, 0.717) is 18.9 Å². The van der Waals surface area contributed by atoms with Crippen LogP contribution in [0.1, 0.15) is 45.6 Å². The van der Waals surface area contributed by atoms with Crippen LogP contribution in [0.25, 0.3) is 0 Å². The smallest absolute Gasteiger partial charge is 0.407 e. The highest BCUT2D eigenvalue weighted by atomic mass is 16.6. The second kappa shape index (κ2) is 9.62. The molecule has 0 unspecified atom stereocenters. The molecule has 6 nitrogen and oxygen atoms in total. The number of amides is 2. The van der Waals surface area contributed by atoms with Gasteiger partial charge < -0.3 is 19.7 Å². The first-order valence-corrected chi connectivity index (χ1v) is 9.64. The van der Waals surface area contributed by atoms with E-state index in [0.717, 1.165) is 38.1 Å². The summed E-state index contributed by atoms with van der Waals surface area (Å²) in [5.41, 5.74) is 0.780. The third kappa shape index (κ3) is 7.49. The molecule has 1 N–H and O–H groups in total. The van der Waals surface area contributed by atoms with Gasteiger partial charge in [0, 0.05) is 26.1 Å². The van der Waals surface area contributed by atoms with E-state index in [2.05, 4.69) is 17.4 Å². The van der Waals surface area contributed by atoms with Gasteiger partial charge >= 0.3 is 6.09 Å². The summed E-state index contributed by atoms with van der Waals surface area (Å²) in [6, 6.07) is 8.20. The van der Waals surface area contributed by atoms with Gasteiger partial charge in [-0.15, -0.1) is 0 Å². The molecular formula is C21H32N2O4. The van der Waals surface area contributed by atoms with Crippen LogP contribution in [-0.2, 0) is 16.0 Å². The van der Waals surface area contributed by atoms with Crippen LogP contribution in [0, 0.1) is 5.92 Å². The summed E-state index contributed by atoms with van der Waals surface area (Å²) in [6.45, 7) is 7.31. The van der Waals surface area contributed by atoms with Crippen molar-refractivity contribution < 1.29 is 19.1 Å². The predicted octanol–water partition coefficient (Wildman–Crippen LogP) is 3.39. The monoisotopic (exact) mass is 376 g/mol. The molecule has 0 atom stereocenters. The fourth-order valence-electron chi connectivity index (χ4n) is 3.23. The molecule has 1 fully saturated rings. The highest BCUT2D eigenvalue weighted by Crippen LogP contribution is 2.23. The topological polar surface area (TPSA) is 67.9 Å². The normalized spacial score (nSPS) is 15.3. The number of alkyl carbamates (subject to hydrolysis) is 1. The first kappa shape index (κ1) is 21.1. The van der Waals surface area contributed by atoms with Gasteiger partial charge in [-0.3, -0.25) is 4.79 Å². The number of likely N-dealkylation sites (tertiary alicyclic amines) is 1. The summed E-state index contributed by atoms with van der Waals surface area (Å²) in [5.74, 6) is 1.57. The summed E-state index contributed by atoms with van der Waals surface area (Å²) >= 11 is 0. The molecule has 1 heterocycles. The number of methoxy groups -OCH3 is 1. The van der Waals surface area contributed by atoms with E-state index in [1.807, 2.05) is 37.8 Å². The first-order valence-electron chi connectivity index (χ1n) is 9.64. The van der Waals surface area contributed by atoms with E-state index in [1.54, 1.807) is 7.11 Å². The summed E-state index contributed by atoms with van der Waals surface area (Å²) in [4.78, 5) is 25.8. The van der Waals surface area contributed by atoms with Crippen LogP contribution in [0.5, 0.6) is 5.75 Å². The molecule has 2 rings (SSSR count). The maximum atomic E-state index is 12.3. The Bertz CT molecular complexity index is 614. The molecule has 6 heteroatoms. The maximum absolute atomic E-state index is 12.3. The minimum atomic E-state index is -0.528. The maximum Gasteiger partial charge on any atom is 0.407 e. The number of hydrogen-bond acceptors (Lipinski definition) is 4. The Labute approximate surface area is 162 Å². The fourth-order valence-corrected chi connectivity index (χ4v) is 3.23. The van der Waals surface area contributed by atoms with E-state index in [9.17, 15) is 9.59 Å². The van der Waals surface area contributed by atoms with E-state index >= 15 is 0 Å². The number of hydrogen-bond donors (Lipinski definition) is 1. The van der Waals surface area contributed by atoms with Gasteiger partial charge in [-0.1, -0.05) is 12.1 Å². The van der Waals surface area contributed by atoms with E-state index in [4.69, 9.17) is 9.47 Å². The van der Waals surface area contributed by atoms with Crippen molar-refractivity contribution in [2.45, 2.75) is 52.1 Å². The van der Waals surface area contributed by atoms with Crippen LogP contribution in [0.15, 0.2) is 24.3 Å². The summed E-state index contributed by atoms with van der Waals surface area (Å²) in [7, 11) is 1.67. The van der Waals surface area contributed by atoms with E-state index in [-0.39, 0.29) is 5.91 Å². The largest absolute Gasteiger partial charge is 0.497 e. The van der Waals surface area contributed by atoms with Crippen molar-refractivity contribution in [1.29, 1.82) is 0 Å². The van der Waals surface area contributed by atoms with E-state index < -0.39 is 11.7 Å². The second-order valence-electron chi connectivity index (χ2n) is 8.06. The summed E-state index contributed by atoms with van der Waals surface area (Å²) < 4.78 is 10.4. The molecule has 0 spiro atoms. The summed E-state index contributed by atoms with van der Waals surface area (Å²) in [5, 5.41) is 2.64. The lowest BCUT2D eigenvalue weighted by Crippen LogP contribution is -2.41. The lowest BCUT2D eigenvalue weighted by molar-refractivity contribution is -0.132. The Hall–Kier alpha value is -2.24. The number of benzene rings is 1. The van der Waals surface area contributed by atoms with Crippen molar-refractivity contribution in [2.24, 2.45) is 5.92 Å². The zero-order valence-corrected chi connectivity index (χ0v) is 16.9. The minimum Gasteiger partial charge on any atom is -0.497 e. The predicted molar refractivity (Wildman–Crippen MR) is 105 cm³/mol. The van der Waals surface area contributed by atoms with Gasteiger partial charge in [-0.2, -0.15) is 0 Å². The molecule has 1 saturated heterocycles. The quantitative estimate of drug-likeness (QED) is 0.826. The van der Waals surface area contributed by atoms with Crippen LogP contribution < -0.4 is 10.1 Å². The number of ether oxygens (including phenoxy) is 2. The molecule has 1 aromatic carbocycles. The molecule has 27 heavy (non-hydrogen) atoms. The molecular weight excluding hydrogens is 344 g/mol. The van der Waals surface area contributed by atoms with Gasteiger partial charge in [0.25, 0.3) is 0 Å². The van der Waals surface area contributed by atoms with Crippen molar-refractivity contribution in [3.63, 3.8) is 0 Å². The molecule has 0 bridgehead atoms. The number of rotatable bonds is 6. The van der Waals surface area contributed by atoms with Gasteiger partial charge in [0.15, 0.2) is 0 Å². The van der Waals surface area contributed by atoms with Crippen LogP contribution in [0.3, 0.4) is 0 Å². The second-order valence-corrected chi connectivity index (χ2v) is 8.06. The Kier molecular flexibility index (Phi) is 7.51.